The molecule has 2 aromatic carbocycles. The van der Waals surface area contributed by atoms with Gasteiger partial charge in [0.15, 0.2) is 0 Å². The molecule has 3 aromatic rings. The van der Waals surface area contributed by atoms with Crippen molar-refractivity contribution in [2.45, 2.75) is 33.1 Å². The third-order valence-electron chi connectivity index (χ3n) is 5.15. The topological polar surface area (TPSA) is 45.8 Å². The van der Waals surface area contributed by atoms with E-state index in [1.54, 1.807) is 0 Å². The first-order chi connectivity index (χ1) is 13.2. The summed E-state index contributed by atoms with van der Waals surface area (Å²) in [6.07, 6.45) is 2.73. The van der Waals surface area contributed by atoms with Gasteiger partial charge in [0.25, 0.3) is 0 Å². The number of aryl methyl sites for hydroxylation is 1. The fraction of sp³-hybridized carbons (Fsp3) is 0.304. The minimum atomic E-state index is -0.309. The summed E-state index contributed by atoms with van der Waals surface area (Å²) in [6, 6.07) is 16.1. The molecule has 4 nitrogen and oxygen atoms in total. The summed E-state index contributed by atoms with van der Waals surface area (Å²) in [4.78, 5) is 19.7. The summed E-state index contributed by atoms with van der Waals surface area (Å²) in [7, 11) is 0. The number of fused-ring (bicyclic) bond motifs is 2. The van der Waals surface area contributed by atoms with Crippen LogP contribution in [-0.2, 0) is 6.42 Å². The van der Waals surface area contributed by atoms with Crippen molar-refractivity contribution in [2.75, 3.05) is 18.0 Å². The minimum Gasteiger partial charge on any atom is -0.422 e. The van der Waals surface area contributed by atoms with Crippen LogP contribution in [0.4, 0.5) is 11.4 Å². The lowest BCUT2D eigenvalue weighted by molar-refractivity contribution is 0.559. The summed E-state index contributed by atoms with van der Waals surface area (Å²) >= 11 is 0. The van der Waals surface area contributed by atoms with Gasteiger partial charge in [0.1, 0.15) is 5.58 Å². The number of aliphatic imine (C=N–C) groups is 1. The van der Waals surface area contributed by atoms with Gasteiger partial charge in [-0.05, 0) is 56.0 Å². The molecule has 0 N–H and O–H groups in total. The van der Waals surface area contributed by atoms with E-state index < -0.39 is 0 Å². The molecule has 1 aliphatic rings. The Balaban J connectivity index is 1.75. The van der Waals surface area contributed by atoms with Crippen LogP contribution in [0.1, 0.15) is 37.8 Å². The summed E-state index contributed by atoms with van der Waals surface area (Å²) < 4.78 is 5.68. The van der Waals surface area contributed by atoms with E-state index in [-0.39, 0.29) is 5.63 Å². The van der Waals surface area contributed by atoms with Gasteiger partial charge in [-0.25, -0.2) is 4.79 Å². The SMILES string of the molecule is CCCN(CC)c1ccc2cc(C3=Nc4ccccc4CC3)c(=O)oc2c1. The van der Waals surface area contributed by atoms with Crippen LogP contribution in [-0.4, -0.2) is 18.8 Å². The smallest absolute Gasteiger partial charge is 0.345 e. The highest BCUT2D eigenvalue weighted by atomic mass is 16.4. The molecule has 0 atom stereocenters. The maximum Gasteiger partial charge on any atom is 0.345 e. The highest BCUT2D eigenvalue weighted by Gasteiger charge is 2.17. The molecule has 4 rings (SSSR count). The largest absolute Gasteiger partial charge is 0.422 e. The van der Waals surface area contributed by atoms with E-state index in [1.807, 2.05) is 36.4 Å². The van der Waals surface area contributed by atoms with Crippen LogP contribution >= 0.6 is 0 Å². The third kappa shape index (κ3) is 3.39. The molecule has 0 radical (unpaired) electrons. The predicted octanol–water partition coefficient (Wildman–Crippen LogP) is 5.10. The Morgan fingerprint density at radius 3 is 2.74 bits per heavy atom. The van der Waals surface area contributed by atoms with E-state index in [9.17, 15) is 4.79 Å². The van der Waals surface area contributed by atoms with Crippen molar-refractivity contribution < 1.29 is 4.42 Å². The summed E-state index contributed by atoms with van der Waals surface area (Å²) in [5.41, 5.74) is 4.98. The van der Waals surface area contributed by atoms with E-state index in [2.05, 4.69) is 30.9 Å². The quantitative estimate of drug-likeness (QED) is 0.595. The molecule has 0 saturated carbocycles. The molecule has 2 heterocycles. The molecule has 0 spiro atoms. The van der Waals surface area contributed by atoms with Crippen molar-refractivity contribution in [1.29, 1.82) is 0 Å². The van der Waals surface area contributed by atoms with Gasteiger partial charge >= 0.3 is 5.63 Å². The zero-order valence-corrected chi connectivity index (χ0v) is 15.9. The Hall–Kier alpha value is -2.88. The van der Waals surface area contributed by atoms with Gasteiger partial charge in [-0.1, -0.05) is 25.1 Å². The lowest BCUT2D eigenvalue weighted by Gasteiger charge is -2.22. The normalized spacial score (nSPS) is 13.3. The van der Waals surface area contributed by atoms with Crippen molar-refractivity contribution in [1.82, 2.24) is 0 Å². The first-order valence-corrected chi connectivity index (χ1v) is 9.68. The van der Waals surface area contributed by atoms with E-state index >= 15 is 0 Å². The van der Waals surface area contributed by atoms with Gasteiger partial charge in [-0.2, -0.15) is 0 Å². The standard InChI is InChI=1S/C23H24N2O2/c1-3-13-25(4-2)18-11-9-17-14-19(23(26)27-22(17)15-18)21-12-10-16-7-5-6-8-20(16)24-21/h5-9,11,14-15H,3-4,10,12-13H2,1-2H3. The van der Waals surface area contributed by atoms with E-state index in [1.165, 1.54) is 5.56 Å². The highest BCUT2D eigenvalue weighted by Crippen LogP contribution is 2.28. The molecule has 0 unspecified atom stereocenters. The molecule has 0 bridgehead atoms. The molecule has 0 fully saturated rings. The number of hydrogen-bond acceptors (Lipinski definition) is 4. The number of hydrogen-bond donors (Lipinski definition) is 0. The number of anilines is 1. The predicted molar refractivity (Wildman–Crippen MR) is 112 cm³/mol. The van der Waals surface area contributed by atoms with Crippen molar-refractivity contribution in [3.05, 3.63) is 70.1 Å². The second-order valence-electron chi connectivity index (χ2n) is 6.94. The molecular formula is C23H24N2O2. The fourth-order valence-corrected chi connectivity index (χ4v) is 3.72. The number of para-hydroxylation sites is 1. The fourth-order valence-electron chi connectivity index (χ4n) is 3.72. The van der Waals surface area contributed by atoms with E-state index in [0.717, 1.165) is 54.8 Å². The molecule has 138 valence electrons. The zero-order chi connectivity index (χ0) is 18.8. The summed E-state index contributed by atoms with van der Waals surface area (Å²) in [5.74, 6) is 0. The van der Waals surface area contributed by atoms with Gasteiger partial charge < -0.3 is 9.32 Å². The van der Waals surface area contributed by atoms with Crippen LogP contribution in [0.2, 0.25) is 0 Å². The van der Waals surface area contributed by atoms with Crippen molar-refractivity contribution in [3.63, 3.8) is 0 Å². The highest BCUT2D eigenvalue weighted by molar-refractivity contribution is 6.04. The van der Waals surface area contributed by atoms with Gasteiger partial charge in [-0.3, -0.25) is 4.99 Å². The third-order valence-corrected chi connectivity index (χ3v) is 5.15. The van der Waals surface area contributed by atoms with Crippen LogP contribution in [0.15, 0.2) is 62.7 Å². The Morgan fingerprint density at radius 2 is 1.93 bits per heavy atom. The molecule has 0 amide bonds. The Morgan fingerprint density at radius 1 is 1.07 bits per heavy atom. The maximum absolute atomic E-state index is 12.7. The second kappa shape index (κ2) is 7.39. The first-order valence-electron chi connectivity index (χ1n) is 9.68. The second-order valence-corrected chi connectivity index (χ2v) is 6.94. The summed E-state index contributed by atoms with van der Waals surface area (Å²) in [6.45, 7) is 6.22. The van der Waals surface area contributed by atoms with Gasteiger partial charge in [0, 0.05) is 30.2 Å². The Kier molecular flexibility index (Phi) is 4.80. The first kappa shape index (κ1) is 17.5. The lowest BCUT2D eigenvalue weighted by Crippen LogP contribution is -2.23. The van der Waals surface area contributed by atoms with Crippen LogP contribution in [0.3, 0.4) is 0 Å². The Bertz CT molecular complexity index is 1070. The van der Waals surface area contributed by atoms with Gasteiger partial charge in [0.2, 0.25) is 0 Å². The van der Waals surface area contributed by atoms with E-state index in [0.29, 0.717) is 11.1 Å². The molecule has 27 heavy (non-hydrogen) atoms. The minimum absolute atomic E-state index is 0.309. The number of benzene rings is 2. The Labute approximate surface area is 159 Å². The molecule has 0 saturated heterocycles. The molecular weight excluding hydrogens is 336 g/mol. The van der Waals surface area contributed by atoms with Crippen molar-refractivity contribution in [3.8, 4) is 0 Å². The number of nitrogens with zero attached hydrogens (tertiary/aromatic N) is 2. The molecule has 1 aliphatic heterocycles. The molecule has 4 heteroatoms. The maximum atomic E-state index is 12.7. The lowest BCUT2D eigenvalue weighted by atomic mass is 9.97. The molecule has 0 aliphatic carbocycles. The van der Waals surface area contributed by atoms with E-state index in [4.69, 9.17) is 9.41 Å². The molecule has 1 aromatic heterocycles. The summed E-state index contributed by atoms with van der Waals surface area (Å²) in [5, 5.41) is 0.933. The number of rotatable bonds is 5. The zero-order valence-electron chi connectivity index (χ0n) is 15.9. The van der Waals surface area contributed by atoms with Crippen LogP contribution in [0.5, 0.6) is 0 Å². The van der Waals surface area contributed by atoms with Crippen LogP contribution in [0, 0.1) is 0 Å². The van der Waals surface area contributed by atoms with Gasteiger partial charge in [0.05, 0.1) is 17.0 Å². The van der Waals surface area contributed by atoms with Crippen LogP contribution in [0.25, 0.3) is 11.0 Å². The average molecular weight is 360 g/mol. The van der Waals surface area contributed by atoms with Gasteiger partial charge in [-0.15, -0.1) is 0 Å². The van der Waals surface area contributed by atoms with Crippen molar-refractivity contribution >= 4 is 28.1 Å². The monoisotopic (exact) mass is 360 g/mol. The average Bonchev–Trinajstić information content (AvgIpc) is 2.70. The van der Waals surface area contributed by atoms with Crippen molar-refractivity contribution in [2.24, 2.45) is 4.99 Å². The van der Waals surface area contributed by atoms with Crippen LogP contribution < -0.4 is 10.5 Å².